The highest BCUT2D eigenvalue weighted by Crippen LogP contribution is 2.45. The van der Waals surface area contributed by atoms with Crippen LogP contribution in [0, 0.1) is 17.3 Å². The van der Waals surface area contributed by atoms with Gasteiger partial charge in [0.2, 0.25) is 0 Å². The zero-order chi connectivity index (χ0) is 13.3. The van der Waals surface area contributed by atoms with Crippen LogP contribution in [0.15, 0.2) is 0 Å². The van der Waals surface area contributed by atoms with Crippen molar-refractivity contribution in [3.8, 4) is 0 Å². The average Bonchev–Trinajstić information content (AvgIpc) is 2.51. The van der Waals surface area contributed by atoms with Gasteiger partial charge in [-0.3, -0.25) is 0 Å². The molecule has 2 rings (SSSR count). The van der Waals surface area contributed by atoms with E-state index < -0.39 is 0 Å². The number of rotatable bonds is 0. The van der Waals surface area contributed by atoms with E-state index in [-0.39, 0.29) is 0 Å². The van der Waals surface area contributed by atoms with Crippen molar-refractivity contribution in [2.75, 3.05) is 0 Å². The van der Waals surface area contributed by atoms with E-state index in [0.29, 0.717) is 5.41 Å². The van der Waals surface area contributed by atoms with Gasteiger partial charge in [0.15, 0.2) is 0 Å². The molecule has 2 saturated carbocycles. The van der Waals surface area contributed by atoms with Crippen molar-refractivity contribution in [3.63, 3.8) is 0 Å². The summed E-state index contributed by atoms with van der Waals surface area (Å²) >= 11 is 0. The fourth-order valence-corrected chi connectivity index (χ4v) is 3.59. The minimum absolute atomic E-state index is 0.650. The molecule has 0 amide bonds. The molecule has 0 nitrogen and oxygen atoms in total. The second kappa shape index (κ2) is 9.00. The number of hydrogen-bond acceptors (Lipinski definition) is 0. The summed E-state index contributed by atoms with van der Waals surface area (Å²) in [6, 6.07) is 0. The second-order valence-electron chi connectivity index (χ2n) is 6.07. The average molecular weight is 240 g/mol. The van der Waals surface area contributed by atoms with E-state index >= 15 is 0 Å². The van der Waals surface area contributed by atoms with E-state index in [2.05, 4.69) is 13.8 Å². The molecule has 104 valence electrons. The molecule has 0 aromatic carbocycles. The molecule has 0 aliphatic heterocycles. The summed E-state index contributed by atoms with van der Waals surface area (Å²) in [5.74, 6) is 2.20. The van der Waals surface area contributed by atoms with Crippen LogP contribution >= 0.6 is 0 Å². The normalized spacial score (nSPS) is 30.7. The lowest BCUT2D eigenvalue weighted by Crippen LogP contribution is -2.22. The van der Waals surface area contributed by atoms with Crippen molar-refractivity contribution in [3.05, 3.63) is 0 Å². The standard InChI is InChI=1S/C13H24.2C2H6/c1-13(2)9-5-8-11-6-3-4-7-12(11)10-13;2*1-2/h11-12H,3-10H2,1-2H3;2*1-2H3. The largest absolute Gasteiger partial charge is 0.0683 e. The third-order valence-corrected chi connectivity index (χ3v) is 4.31. The number of fused-ring (bicyclic) bond motifs is 1. The van der Waals surface area contributed by atoms with Crippen molar-refractivity contribution in [2.24, 2.45) is 17.3 Å². The van der Waals surface area contributed by atoms with Crippen LogP contribution in [0.2, 0.25) is 0 Å². The van der Waals surface area contributed by atoms with Crippen LogP contribution in [0.3, 0.4) is 0 Å². The van der Waals surface area contributed by atoms with Gasteiger partial charge in [0.05, 0.1) is 0 Å². The molecule has 0 heterocycles. The lowest BCUT2D eigenvalue weighted by atomic mass is 9.72. The number of hydrogen-bond donors (Lipinski definition) is 0. The molecule has 0 bridgehead atoms. The smallest absolute Gasteiger partial charge is 0.0351 e. The maximum absolute atomic E-state index is 2.48. The van der Waals surface area contributed by atoms with Crippen molar-refractivity contribution in [1.82, 2.24) is 0 Å². The van der Waals surface area contributed by atoms with Gasteiger partial charge in [0, 0.05) is 0 Å². The highest BCUT2D eigenvalue weighted by Gasteiger charge is 2.33. The molecule has 2 fully saturated rings. The monoisotopic (exact) mass is 240 g/mol. The van der Waals surface area contributed by atoms with E-state index in [0.717, 1.165) is 11.8 Å². The summed E-state index contributed by atoms with van der Waals surface area (Å²) in [5, 5.41) is 0. The summed E-state index contributed by atoms with van der Waals surface area (Å²) < 4.78 is 0. The maximum Gasteiger partial charge on any atom is -0.0351 e. The summed E-state index contributed by atoms with van der Waals surface area (Å²) in [6.07, 6.45) is 12.1. The molecule has 0 saturated heterocycles. The van der Waals surface area contributed by atoms with Crippen molar-refractivity contribution < 1.29 is 0 Å². The Hall–Kier alpha value is 0. The molecule has 0 N–H and O–H groups in total. The first-order valence-corrected chi connectivity index (χ1v) is 8.17. The second-order valence-corrected chi connectivity index (χ2v) is 6.07. The Morgan fingerprint density at radius 2 is 1.18 bits per heavy atom. The van der Waals surface area contributed by atoms with E-state index in [4.69, 9.17) is 0 Å². The Morgan fingerprint density at radius 1 is 0.706 bits per heavy atom. The Labute approximate surface area is 111 Å². The Morgan fingerprint density at radius 3 is 1.76 bits per heavy atom. The molecular weight excluding hydrogens is 204 g/mol. The van der Waals surface area contributed by atoms with Crippen LogP contribution in [0.25, 0.3) is 0 Å². The van der Waals surface area contributed by atoms with Gasteiger partial charge in [-0.2, -0.15) is 0 Å². The molecule has 2 aliphatic carbocycles. The fourth-order valence-electron chi connectivity index (χ4n) is 3.59. The Kier molecular flexibility index (Phi) is 9.00. The van der Waals surface area contributed by atoms with Crippen molar-refractivity contribution >= 4 is 0 Å². The molecule has 17 heavy (non-hydrogen) atoms. The maximum atomic E-state index is 2.48. The third kappa shape index (κ3) is 5.93. The summed E-state index contributed by atoms with van der Waals surface area (Å²) in [5.41, 5.74) is 0.650. The summed E-state index contributed by atoms with van der Waals surface area (Å²) in [6.45, 7) is 13.0. The topological polar surface area (TPSA) is 0 Å². The molecule has 2 atom stereocenters. The minimum Gasteiger partial charge on any atom is -0.0683 e. The molecule has 2 aliphatic rings. The zero-order valence-electron chi connectivity index (χ0n) is 13.3. The zero-order valence-corrected chi connectivity index (χ0v) is 13.3. The Bertz CT molecular complexity index is 169. The fraction of sp³-hybridized carbons (Fsp3) is 1.00. The highest BCUT2D eigenvalue weighted by atomic mass is 14.4. The first-order valence-electron chi connectivity index (χ1n) is 8.17. The van der Waals surface area contributed by atoms with Gasteiger partial charge in [0.25, 0.3) is 0 Å². The molecule has 0 radical (unpaired) electrons. The predicted octanol–water partition coefficient (Wildman–Crippen LogP) is 6.45. The van der Waals surface area contributed by atoms with E-state index in [9.17, 15) is 0 Å². The van der Waals surface area contributed by atoms with Gasteiger partial charge in [-0.05, 0) is 30.1 Å². The van der Waals surface area contributed by atoms with E-state index in [1.807, 2.05) is 27.7 Å². The molecule has 0 aromatic heterocycles. The highest BCUT2D eigenvalue weighted by molar-refractivity contribution is 4.84. The van der Waals surface area contributed by atoms with Crippen LogP contribution in [0.5, 0.6) is 0 Å². The van der Waals surface area contributed by atoms with Gasteiger partial charge in [0.1, 0.15) is 0 Å². The lowest BCUT2D eigenvalue weighted by Gasteiger charge is -2.33. The van der Waals surface area contributed by atoms with Gasteiger partial charge < -0.3 is 0 Å². The van der Waals surface area contributed by atoms with Crippen LogP contribution in [-0.4, -0.2) is 0 Å². The van der Waals surface area contributed by atoms with Gasteiger partial charge in [-0.15, -0.1) is 0 Å². The molecule has 2 unspecified atom stereocenters. The quantitative estimate of drug-likeness (QED) is 0.456. The van der Waals surface area contributed by atoms with Gasteiger partial charge >= 0.3 is 0 Å². The van der Waals surface area contributed by atoms with Crippen LogP contribution in [0.4, 0.5) is 0 Å². The molecule has 0 spiro atoms. The van der Waals surface area contributed by atoms with Crippen LogP contribution in [0.1, 0.15) is 92.9 Å². The molecule has 0 aromatic rings. The van der Waals surface area contributed by atoms with Crippen LogP contribution < -0.4 is 0 Å². The van der Waals surface area contributed by atoms with Crippen LogP contribution in [-0.2, 0) is 0 Å². The van der Waals surface area contributed by atoms with Crippen molar-refractivity contribution in [2.45, 2.75) is 92.9 Å². The first kappa shape index (κ1) is 17.0. The SMILES string of the molecule is CC.CC.CC1(C)CCCC2CCCCC2C1. The molecule has 0 heteroatoms. The summed E-state index contributed by atoms with van der Waals surface area (Å²) in [7, 11) is 0. The van der Waals surface area contributed by atoms with Crippen molar-refractivity contribution in [1.29, 1.82) is 0 Å². The lowest BCUT2D eigenvalue weighted by molar-refractivity contribution is 0.180. The van der Waals surface area contributed by atoms with E-state index in [1.165, 1.54) is 44.9 Å². The minimum atomic E-state index is 0.650. The first-order chi connectivity index (χ1) is 8.17. The van der Waals surface area contributed by atoms with Gasteiger partial charge in [-0.25, -0.2) is 0 Å². The molecular formula is C17H36. The summed E-state index contributed by atoms with van der Waals surface area (Å²) in [4.78, 5) is 0. The Balaban J connectivity index is 0.000000581. The third-order valence-electron chi connectivity index (χ3n) is 4.31. The van der Waals surface area contributed by atoms with E-state index in [1.54, 1.807) is 6.42 Å². The van der Waals surface area contributed by atoms with Gasteiger partial charge in [-0.1, -0.05) is 80.1 Å². The predicted molar refractivity (Wildman–Crippen MR) is 80.4 cm³/mol.